The van der Waals surface area contributed by atoms with Crippen LogP contribution in [0.1, 0.15) is 31.1 Å². The van der Waals surface area contributed by atoms with E-state index in [4.69, 9.17) is 0 Å². The summed E-state index contributed by atoms with van der Waals surface area (Å²) in [6.45, 7) is 6.22. The van der Waals surface area contributed by atoms with Gasteiger partial charge in [-0.1, -0.05) is 0 Å². The summed E-state index contributed by atoms with van der Waals surface area (Å²) in [6.07, 6.45) is 2.78. The van der Waals surface area contributed by atoms with Crippen molar-refractivity contribution in [2.24, 2.45) is 0 Å². The van der Waals surface area contributed by atoms with Crippen LogP contribution < -0.4 is 5.32 Å². The smallest absolute Gasteiger partial charge is 0.257 e. The number of rotatable bonds is 6. The third-order valence-corrected chi connectivity index (χ3v) is 2.94. The molecule has 0 aliphatic heterocycles. The first-order valence-electron chi connectivity index (χ1n) is 6.55. The Bertz CT molecular complexity index is 559. The molecule has 110 valence electrons. The largest absolute Gasteiger partial charge is 0.378 e. The monoisotopic (exact) mass is 283 g/mol. The number of halogens is 2. The molecule has 0 unspecified atom stereocenters. The molecule has 0 radical (unpaired) electrons. The first kappa shape index (κ1) is 14.5. The van der Waals surface area contributed by atoms with Crippen LogP contribution in [0.4, 0.5) is 14.5 Å². The summed E-state index contributed by atoms with van der Waals surface area (Å²) >= 11 is 0. The van der Waals surface area contributed by atoms with Crippen molar-refractivity contribution in [1.29, 1.82) is 0 Å². The van der Waals surface area contributed by atoms with Crippen LogP contribution in [0.25, 0.3) is 0 Å². The van der Waals surface area contributed by atoms with Gasteiger partial charge < -0.3 is 5.32 Å². The lowest BCUT2D eigenvalue weighted by atomic mass is 10.3. The zero-order valence-corrected chi connectivity index (χ0v) is 11.8. The Hall–Kier alpha value is -1.92. The molecule has 20 heavy (non-hydrogen) atoms. The fraction of sp³-hybridized carbons (Fsp3) is 0.538. The Morgan fingerprint density at radius 2 is 2.05 bits per heavy atom. The molecule has 2 rings (SSSR count). The van der Waals surface area contributed by atoms with Gasteiger partial charge in [0.1, 0.15) is 6.54 Å². The van der Waals surface area contributed by atoms with E-state index in [1.807, 2.05) is 17.8 Å². The average Bonchev–Trinajstić information content (AvgIpc) is 2.93. The second-order valence-electron chi connectivity index (χ2n) is 5.02. The molecule has 0 aromatic carbocycles. The molecule has 0 spiro atoms. The van der Waals surface area contributed by atoms with Gasteiger partial charge >= 0.3 is 0 Å². The molecule has 5 nitrogen and oxygen atoms in total. The summed E-state index contributed by atoms with van der Waals surface area (Å²) in [7, 11) is 0. The summed E-state index contributed by atoms with van der Waals surface area (Å²) < 4.78 is 27.6. The molecule has 0 aliphatic carbocycles. The predicted octanol–water partition coefficient (Wildman–Crippen LogP) is 2.85. The Morgan fingerprint density at radius 1 is 1.30 bits per heavy atom. The minimum Gasteiger partial charge on any atom is -0.378 e. The fourth-order valence-corrected chi connectivity index (χ4v) is 1.86. The summed E-state index contributed by atoms with van der Waals surface area (Å²) in [4.78, 5) is 0. The highest BCUT2D eigenvalue weighted by Gasteiger charge is 2.08. The van der Waals surface area contributed by atoms with E-state index in [0.717, 1.165) is 16.9 Å². The molecular weight excluding hydrogens is 264 g/mol. The molecule has 0 bridgehead atoms. The van der Waals surface area contributed by atoms with Crippen molar-refractivity contribution < 1.29 is 8.78 Å². The van der Waals surface area contributed by atoms with E-state index >= 15 is 0 Å². The molecule has 0 saturated heterocycles. The Balaban J connectivity index is 1.96. The van der Waals surface area contributed by atoms with Crippen LogP contribution in [-0.4, -0.2) is 26.0 Å². The van der Waals surface area contributed by atoms with Gasteiger partial charge in [-0.25, -0.2) is 8.78 Å². The van der Waals surface area contributed by atoms with E-state index in [2.05, 4.69) is 29.4 Å². The Morgan fingerprint density at radius 3 is 2.65 bits per heavy atom. The number of aryl methyl sites for hydroxylation is 1. The lowest BCUT2D eigenvalue weighted by molar-refractivity contribution is 0.122. The van der Waals surface area contributed by atoms with Crippen molar-refractivity contribution in [1.82, 2.24) is 19.6 Å². The van der Waals surface area contributed by atoms with E-state index < -0.39 is 6.43 Å². The molecule has 1 N–H and O–H groups in total. The van der Waals surface area contributed by atoms with E-state index in [1.165, 1.54) is 4.68 Å². The van der Waals surface area contributed by atoms with Crippen molar-refractivity contribution in [3.63, 3.8) is 0 Å². The van der Waals surface area contributed by atoms with Crippen LogP contribution in [-0.2, 0) is 13.1 Å². The molecule has 0 saturated carbocycles. The van der Waals surface area contributed by atoms with Crippen molar-refractivity contribution in [2.75, 3.05) is 5.32 Å². The number of anilines is 1. The molecule has 0 fully saturated rings. The maximum absolute atomic E-state index is 12.2. The maximum atomic E-state index is 12.2. The van der Waals surface area contributed by atoms with E-state index in [9.17, 15) is 8.78 Å². The van der Waals surface area contributed by atoms with Gasteiger partial charge in [-0.3, -0.25) is 9.36 Å². The number of nitrogens with zero attached hydrogens (tertiary/aromatic N) is 4. The summed E-state index contributed by atoms with van der Waals surface area (Å²) in [6, 6.07) is 0.304. The van der Waals surface area contributed by atoms with Crippen molar-refractivity contribution in [2.45, 2.75) is 46.3 Å². The third kappa shape index (κ3) is 3.55. The van der Waals surface area contributed by atoms with Gasteiger partial charge in [0.15, 0.2) is 0 Å². The SMILES string of the molecule is Cc1nn(C(C)C)cc1NCc1cnn(CC(F)F)c1. The second kappa shape index (κ2) is 6.02. The van der Waals surface area contributed by atoms with Gasteiger partial charge in [-0.05, 0) is 20.8 Å². The highest BCUT2D eigenvalue weighted by molar-refractivity contribution is 5.46. The normalized spacial score (nSPS) is 11.6. The quantitative estimate of drug-likeness (QED) is 0.886. The highest BCUT2D eigenvalue weighted by Crippen LogP contribution is 2.16. The standard InChI is InChI=1S/C13H19F2N5/c1-9(2)20-7-12(10(3)18-20)16-4-11-5-17-19(6-11)8-13(14)15/h5-7,9,13,16H,4,8H2,1-3H3. The first-order valence-corrected chi connectivity index (χ1v) is 6.55. The van der Waals surface area contributed by atoms with Crippen LogP contribution >= 0.6 is 0 Å². The molecule has 0 amide bonds. The first-order chi connectivity index (χ1) is 9.45. The number of aromatic nitrogens is 4. The molecule has 7 heteroatoms. The molecule has 0 aliphatic rings. The third-order valence-electron chi connectivity index (χ3n) is 2.94. The number of alkyl halides is 2. The lowest BCUT2D eigenvalue weighted by Crippen LogP contribution is -2.06. The minimum atomic E-state index is -2.39. The maximum Gasteiger partial charge on any atom is 0.257 e. The highest BCUT2D eigenvalue weighted by atomic mass is 19.3. The zero-order chi connectivity index (χ0) is 14.7. The van der Waals surface area contributed by atoms with Gasteiger partial charge in [-0.2, -0.15) is 10.2 Å². The lowest BCUT2D eigenvalue weighted by Gasteiger charge is -2.04. The van der Waals surface area contributed by atoms with Crippen LogP contribution in [0.15, 0.2) is 18.6 Å². The van der Waals surface area contributed by atoms with Gasteiger partial charge in [0, 0.05) is 30.5 Å². The minimum absolute atomic E-state index is 0.304. The Kier molecular flexibility index (Phi) is 4.36. The molecule has 0 atom stereocenters. The van der Waals surface area contributed by atoms with Crippen molar-refractivity contribution in [3.8, 4) is 0 Å². The number of nitrogens with one attached hydrogen (secondary N) is 1. The van der Waals surface area contributed by atoms with Crippen LogP contribution in [0.2, 0.25) is 0 Å². The fourth-order valence-electron chi connectivity index (χ4n) is 1.86. The van der Waals surface area contributed by atoms with Gasteiger partial charge in [0.05, 0.1) is 17.6 Å². The van der Waals surface area contributed by atoms with E-state index in [1.54, 1.807) is 12.4 Å². The molecule has 2 heterocycles. The van der Waals surface area contributed by atoms with Crippen LogP contribution in [0, 0.1) is 6.92 Å². The zero-order valence-electron chi connectivity index (χ0n) is 11.8. The van der Waals surface area contributed by atoms with E-state index in [0.29, 0.717) is 12.6 Å². The summed E-state index contributed by atoms with van der Waals surface area (Å²) in [5.41, 5.74) is 2.72. The van der Waals surface area contributed by atoms with Gasteiger partial charge in [0.2, 0.25) is 0 Å². The van der Waals surface area contributed by atoms with Gasteiger partial charge in [0.25, 0.3) is 6.43 Å². The summed E-state index contributed by atoms with van der Waals surface area (Å²) in [5, 5.41) is 11.5. The number of hydrogen-bond acceptors (Lipinski definition) is 3. The molecule has 2 aromatic rings. The average molecular weight is 283 g/mol. The van der Waals surface area contributed by atoms with Gasteiger partial charge in [-0.15, -0.1) is 0 Å². The second-order valence-corrected chi connectivity index (χ2v) is 5.02. The van der Waals surface area contributed by atoms with Crippen molar-refractivity contribution >= 4 is 5.69 Å². The summed E-state index contributed by atoms with van der Waals surface area (Å²) in [5.74, 6) is 0. The molecular formula is C13H19F2N5. The van der Waals surface area contributed by atoms with E-state index in [-0.39, 0.29) is 6.54 Å². The molecule has 2 aromatic heterocycles. The predicted molar refractivity (Wildman–Crippen MR) is 72.9 cm³/mol. The van der Waals surface area contributed by atoms with Crippen LogP contribution in [0.3, 0.4) is 0 Å². The van der Waals surface area contributed by atoms with Crippen LogP contribution in [0.5, 0.6) is 0 Å². The van der Waals surface area contributed by atoms with Crippen molar-refractivity contribution in [3.05, 3.63) is 29.8 Å². The topological polar surface area (TPSA) is 47.7 Å². The number of hydrogen-bond donors (Lipinski definition) is 1. The Labute approximate surface area is 116 Å².